The Kier molecular flexibility index (Phi) is 6.49. The molecule has 0 amide bonds. The lowest BCUT2D eigenvalue weighted by Gasteiger charge is -2.45. The maximum atomic E-state index is 12.5. The van der Waals surface area contributed by atoms with Gasteiger partial charge in [0.2, 0.25) is 0 Å². The van der Waals surface area contributed by atoms with Crippen LogP contribution in [-0.4, -0.2) is 35.2 Å². The van der Waals surface area contributed by atoms with E-state index >= 15 is 0 Å². The van der Waals surface area contributed by atoms with Gasteiger partial charge in [-0.05, 0) is 74.3 Å². The summed E-state index contributed by atoms with van der Waals surface area (Å²) in [6.45, 7) is 3.13. The number of nitrogens with one attached hydrogen (secondary N) is 2. The number of nitrogens with zero attached hydrogens (tertiary/aromatic N) is 1. The highest BCUT2D eigenvalue weighted by atomic mass is 19.1. The first-order valence-electron chi connectivity index (χ1n) is 12.6. The van der Waals surface area contributed by atoms with E-state index in [0.717, 1.165) is 32.2 Å². The van der Waals surface area contributed by atoms with E-state index in [1.54, 1.807) is 0 Å². The number of anilines is 1. The van der Waals surface area contributed by atoms with Gasteiger partial charge in [-0.15, -0.1) is 0 Å². The fourth-order valence-electron chi connectivity index (χ4n) is 5.59. The summed E-state index contributed by atoms with van der Waals surface area (Å²) in [6, 6.07) is 19.3. The molecule has 170 valence electrons. The molecule has 2 aromatic carbocycles. The van der Waals surface area contributed by atoms with E-state index in [0.29, 0.717) is 24.5 Å². The maximum absolute atomic E-state index is 12.5. The highest BCUT2D eigenvalue weighted by Crippen LogP contribution is 2.42. The van der Waals surface area contributed by atoms with Gasteiger partial charge in [-0.2, -0.15) is 0 Å². The van der Waals surface area contributed by atoms with Crippen LogP contribution in [0.2, 0.25) is 0 Å². The van der Waals surface area contributed by atoms with Gasteiger partial charge in [0.1, 0.15) is 0 Å². The number of para-hydroxylation sites is 1. The van der Waals surface area contributed by atoms with Gasteiger partial charge >= 0.3 is 0 Å². The van der Waals surface area contributed by atoms with Gasteiger partial charge in [-0.1, -0.05) is 43.7 Å². The van der Waals surface area contributed by atoms with Crippen molar-refractivity contribution in [2.75, 3.05) is 18.5 Å². The van der Waals surface area contributed by atoms with E-state index in [-0.39, 0.29) is 6.67 Å². The Morgan fingerprint density at radius 1 is 1.09 bits per heavy atom. The number of halogens is 1. The quantitative estimate of drug-likeness (QED) is 0.356. The number of aromatic nitrogens is 1. The Labute approximate surface area is 191 Å². The van der Waals surface area contributed by atoms with Crippen LogP contribution in [0.1, 0.15) is 74.7 Å². The van der Waals surface area contributed by atoms with Crippen LogP contribution in [0, 0.1) is 0 Å². The number of unbranched alkanes of at least 4 members (excludes halogenated alkanes) is 1. The second-order valence-corrected chi connectivity index (χ2v) is 9.59. The molecule has 2 heterocycles. The molecule has 1 saturated carbocycles. The normalized spacial score (nSPS) is 20.1. The molecule has 5 rings (SSSR count). The monoisotopic (exact) mass is 433 g/mol. The number of fused-ring (bicyclic) bond motifs is 3. The van der Waals surface area contributed by atoms with Crippen LogP contribution in [0.15, 0.2) is 48.5 Å². The molecule has 0 radical (unpaired) electrons. The lowest BCUT2D eigenvalue weighted by atomic mass is 9.85. The zero-order valence-electron chi connectivity index (χ0n) is 19.2. The summed E-state index contributed by atoms with van der Waals surface area (Å²) >= 11 is 0. The van der Waals surface area contributed by atoms with Crippen LogP contribution in [0.4, 0.5) is 10.1 Å². The van der Waals surface area contributed by atoms with Crippen molar-refractivity contribution in [1.82, 2.24) is 9.88 Å². The number of H-pyrrole nitrogens is 1. The highest BCUT2D eigenvalue weighted by Gasteiger charge is 2.37. The van der Waals surface area contributed by atoms with E-state index in [9.17, 15) is 4.39 Å². The van der Waals surface area contributed by atoms with Crippen LogP contribution in [-0.2, 0) is 6.42 Å². The van der Waals surface area contributed by atoms with Gasteiger partial charge in [-0.25, -0.2) is 0 Å². The van der Waals surface area contributed by atoms with Crippen molar-refractivity contribution < 1.29 is 4.39 Å². The van der Waals surface area contributed by atoms with Crippen molar-refractivity contribution in [2.24, 2.45) is 0 Å². The van der Waals surface area contributed by atoms with Crippen molar-refractivity contribution >= 4 is 16.6 Å². The van der Waals surface area contributed by atoms with Crippen LogP contribution in [0.5, 0.6) is 0 Å². The zero-order chi connectivity index (χ0) is 21.9. The third-order valence-corrected chi connectivity index (χ3v) is 7.64. The average Bonchev–Trinajstić information content (AvgIpc) is 3.16. The van der Waals surface area contributed by atoms with E-state index in [1.807, 2.05) is 0 Å². The Balaban J connectivity index is 1.41. The molecule has 0 bridgehead atoms. The largest absolute Gasteiger partial charge is 0.382 e. The lowest BCUT2D eigenvalue weighted by Crippen LogP contribution is -2.46. The summed E-state index contributed by atoms with van der Waals surface area (Å²) in [5.41, 5.74) is 6.70. The molecule has 3 aromatic rings. The molecule has 2 unspecified atom stereocenters. The van der Waals surface area contributed by atoms with Crippen molar-refractivity contribution in [1.29, 1.82) is 0 Å². The van der Waals surface area contributed by atoms with Gasteiger partial charge in [0.25, 0.3) is 0 Å². The first kappa shape index (κ1) is 21.5. The van der Waals surface area contributed by atoms with Crippen molar-refractivity contribution in [3.05, 3.63) is 65.4 Å². The minimum absolute atomic E-state index is 0.209. The second kappa shape index (κ2) is 9.66. The second-order valence-electron chi connectivity index (χ2n) is 9.59. The predicted molar refractivity (Wildman–Crippen MR) is 132 cm³/mol. The topological polar surface area (TPSA) is 31.1 Å². The summed E-state index contributed by atoms with van der Waals surface area (Å²) in [4.78, 5) is 6.54. The molecule has 4 heteroatoms. The maximum Gasteiger partial charge on any atom is 0.0894 e. The molecular formula is C28H36FN3. The first-order chi connectivity index (χ1) is 15.8. The minimum atomic E-state index is -0.209. The summed E-state index contributed by atoms with van der Waals surface area (Å²) < 4.78 is 12.5. The van der Waals surface area contributed by atoms with Crippen molar-refractivity contribution in [3.63, 3.8) is 0 Å². The summed E-state index contributed by atoms with van der Waals surface area (Å²) in [6.07, 6.45) is 8.83. The molecular weight excluding hydrogens is 397 g/mol. The van der Waals surface area contributed by atoms with Gasteiger partial charge in [0.05, 0.1) is 12.7 Å². The lowest BCUT2D eigenvalue weighted by molar-refractivity contribution is 0.0875. The van der Waals surface area contributed by atoms with Gasteiger partial charge in [0, 0.05) is 40.9 Å². The molecule has 1 aromatic heterocycles. The Bertz CT molecular complexity index is 1020. The SMILES string of the molecule is CCC(CCCCF)Nc1ccc(C2c3[nH]c4ccccc4c3CCN2C2CCC2)cc1. The van der Waals surface area contributed by atoms with E-state index < -0.39 is 0 Å². The predicted octanol–water partition coefficient (Wildman–Crippen LogP) is 7.00. The fraction of sp³-hybridized carbons (Fsp3) is 0.500. The third-order valence-electron chi connectivity index (χ3n) is 7.64. The van der Waals surface area contributed by atoms with Crippen molar-refractivity contribution in [2.45, 2.75) is 76.4 Å². The fourth-order valence-corrected chi connectivity index (χ4v) is 5.59. The Morgan fingerprint density at radius 2 is 1.91 bits per heavy atom. The number of hydrogen-bond acceptors (Lipinski definition) is 2. The summed E-state index contributed by atoms with van der Waals surface area (Å²) in [7, 11) is 0. The summed E-state index contributed by atoms with van der Waals surface area (Å²) in [5, 5.41) is 5.06. The number of benzene rings is 2. The molecule has 2 atom stereocenters. The summed E-state index contributed by atoms with van der Waals surface area (Å²) in [5.74, 6) is 0. The standard InChI is InChI=1S/C28H36FN3/c1-2-21(8-5-6-18-29)30-22-15-13-20(14-16-22)28-27-25(17-19-32(28)23-9-7-10-23)24-11-3-4-12-26(24)31-27/h3-4,11-16,21,23,28,30-31H,2,5-10,17-19H2,1H3. The van der Waals surface area contributed by atoms with Crippen LogP contribution in [0.25, 0.3) is 10.9 Å². The number of alkyl halides is 1. The van der Waals surface area contributed by atoms with Gasteiger partial charge < -0.3 is 10.3 Å². The van der Waals surface area contributed by atoms with E-state index in [4.69, 9.17) is 0 Å². The van der Waals surface area contributed by atoms with E-state index in [2.05, 4.69) is 70.7 Å². The molecule has 3 nitrogen and oxygen atoms in total. The molecule has 2 N–H and O–H groups in total. The molecule has 32 heavy (non-hydrogen) atoms. The zero-order valence-corrected chi connectivity index (χ0v) is 19.2. The Morgan fingerprint density at radius 3 is 2.62 bits per heavy atom. The minimum Gasteiger partial charge on any atom is -0.382 e. The average molecular weight is 434 g/mol. The number of rotatable bonds is 9. The van der Waals surface area contributed by atoms with Gasteiger partial charge in [0.15, 0.2) is 0 Å². The molecule has 0 saturated heterocycles. The van der Waals surface area contributed by atoms with Crippen LogP contribution >= 0.6 is 0 Å². The van der Waals surface area contributed by atoms with Crippen LogP contribution in [0.3, 0.4) is 0 Å². The Hall–Kier alpha value is -2.33. The molecule has 1 aliphatic carbocycles. The molecule has 1 fully saturated rings. The number of hydrogen-bond donors (Lipinski definition) is 2. The van der Waals surface area contributed by atoms with Crippen molar-refractivity contribution in [3.8, 4) is 0 Å². The van der Waals surface area contributed by atoms with E-state index in [1.165, 1.54) is 52.7 Å². The van der Waals surface area contributed by atoms with Crippen LogP contribution < -0.4 is 5.32 Å². The third kappa shape index (κ3) is 4.17. The number of aromatic amines is 1. The molecule has 2 aliphatic rings. The van der Waals surface area contributed by atoms with Gasteiger partial charge in [-0.3, -0.25) is 9.29 Å². The molecule has 1 aliphatic heterocycles. The highest BCUT2D eigenvalue weighted by molar-refractivity contribution is 5.85. The first-order valence-corrected chi connectivity index (χ1v) is 12.6. The molecule has 0 spiro atoms. The smallest absolute Gasteiger partial charge is 0.0894 e.